The molecule has 0 radical (unpaired) electrons. The number of benzene rings is 2. The van der Waals surface area contributed by atoms with Gasteiger partial charge in [-0.3, -0.25) is 9.78 Å². The predicted molar refractivity (Wildman–Crippen MR) is 117 cm³/mol. The Hall–Kier alpha value is -3.34. The van der Waals surface area contributed by atoms with E-state index in [9.17, 15) is 4.79 Å². The van der Waals surface area contributed by atoms with Crippen molar-refractivity contribution >= 4 is 28.7 Å². The number of hydrogen-bond acceptors (Lipinski definition) is 4. The van der Waals surface area contributed by atoms with Crippen molar-refractivity contribution in [2.75, 3.05) is 28.6 Å². The largest absolute Gasteiger partial charge is 0.372 e. The molecular formula is C23H26N4O. The number of amides is 1. The zero-order valence-electron chi connectivity index (χ0n) is 16.6. The molecule has 0 aliphatic carbocycles. The number of rotatable bonds is 7. The van der Waals surface area contributed by atoms with Crippen molar-refractivity contribution < 1.29 is 4.79 Å². The summed E-state index contributed by atoms with van der Waals surface area (Å²) in [5, 5.41) is 6.33. The summed E-state index contributed by atoms with van der Waals surface area (Å²) >= 11 is 0. The molecule has 0 aliphatic heterocycles. The molecule has 2 N–H and O–H groups in total. The number of pyridine rings is 1. The Labute approximate surface area is 166 Å². The fourth-order valence-electron chi connectivity index (χ4n) is 3.07. The Balaban J connectivity index is 1.66. The van der Waals surface area contributed by atoms with Gasteiger partial charge < -0.3 is 15.5 Å². The first-order chi connectivity index (χ1) is 13.6. The molecule has 5 heteroatoms. The monoisotopic (exact) mass is 374 g/mol. The Kier molecular flexibility index (Phi) is 6.27. The maximum absolute atomic E-state index is 12.2. The van der Waals surface area contributed by atoms with E-state index in [1.54, 1.807) is 24.5 Å². The van der Waals surface area contributed by atoms with Gasteiger partial charge in [0.2, 0.25) is 0 Å². The van der Waals surface area contributed by atoms with Gasteiger partial charge in [0.05, 0.1) is 5.56 Å². The molecule has 0 atom stereocenters. The fourth-order valence-corrected chi connectivity index (χ4v) is 3.07. The van der Waals surface area contributed by atoms with Gasteiger partial charge in [-0.2, -0.15) is 0 Å². The minimum Gasteiger partial charge on any atom is -0.372 e. The van der Waals surface area contributed by atoms with E-state index < -0.39 is 0 Å². The molecule has 28 heavy (non-hydrogen) atoms. The quantitative estimate of drug-likeness (QED) is 0.594. The molecule has 0 aliphatic rings. The fraction of sp³-hybridized carbons (Fsp3) is 0.217. The van der Waals surface area contributed by atoms with Crippen molar-refractivity contribution in [1.29, 1.82) is 0 Å². The molecule has 0 saturated heterocycles. The van der Waals surface area contributed by atoms with E-state index in [0.29, 0.717) is 5.56 Å². The molecule has 1 heterocycles. The van der Waals surface area contributed by atoms with Gasteiger partial charge in [-0.05, 0) is 80.9 Å². The zero-order chi connectivity index (χ0) is 19.9. The summed E-state index contributed by atoms with van der Waals surface area (Å²) in [6.07, 6.45) is 3.20. The van der Waals surface area contributed by atoms with Gasteiger partial charge in [-0.1, -0.05) is 0 Å². The van der Waals surface area contributed by atoms with Gasteiger partial charge in [0, 0.05) is 48.2 Å². The summed E-state index contributed by atoms with van der Waals surface area (Å²) in [7, 11) is 0. The Morgan fingerprint density at radius 2 is 1.71 bits per heavy atom. The third-order valence-corrected chi connectivity index (χ3v) is 4.68. The van der Waals surface area contributed by atoms with Crippen LogP contribution in [0.1, 0.15) is 29.8 Å². The second kappa shape index (κ2) is 9.04. The van der Waals surface area contributed by atoms with Crippen LogP contribution in [0, 0.1) is 6.92 Å². The topological polar surface area (TPSA) is 57.3 Å². The zero-order valence-corrected chi connectivity index (χ0v) is 16.6. The summed E-state index contributed by atoms with van der Waals surface area (Å²) < 4.78 is 0. The Bertz CT molecular complexity index is 919. The molecule has 5 nitrogen and oxygen atoms in total. The van der Waals surface area contributed by atoms with Crippen molar-refractivity contribution in [2.45, 2.75) is 20.8 Å². The second-order valence-corrected chi connectivity index (χ2v) is 6.57. The van der Waals surface area contributed by atoms with Crippen molar-refractivity contribution in [2.24, 2.45) is 0 Å². The van der Waals surface area contributed by atoms with E-state index in [2.05, 4.69) is 59.5 Å². The lowest BCUT2D eigenvalue weighted by Crippen LogP contribution is -2.21. The number of carbonyl (C=O) groups is 1. The van der Waals surface area contributed by atoms with Crippen LogP contribution in [-0.2, 0) is 0 Å². The standard InChI is InChI=1S/C23H26N4O/c1-4-27(5-2)21-12-13-22(17(3)15-21)25-19-8-10-20(11-9-19)26-23(28)18-7-6-14-24-16-18/h6-16,25H,4-5H2,1-3H3,(H,26,28). The first-order valence-electron chi connectivity index (χ1n) is 9.54. The molecule has 3 rings (SSSR count). The normalized spacial score (nSPS) is 10.4. The Morgan fingerprint density at radius 1 is 1.00 bits per heavy atom. The van der Waals surface area contributed by atoms with E-state index in [-0.39, 0.29) is 5.91 Å². The molecule has 2 aromatic carbocycles. The average molecular weight is 374 g/mol. The van der Waals surface area contributed by atoms with Gasteiger partial charge in [0.25, 0.3) is 5.91 Å². The summed E-state index contributed by atoms with van der Waals surface area (Å²) in [5.74, 6) is -0.170. The van der Waals surface area contributed by atoms with Crippen LogP contribution in [0.5, 0.6) is 0 Å². The van der Waals surface area contributed by atoms with Crippen molar-refractivity contribution in [3.63, 3.8) is 0 Å². The molecular weight excluding hydrogens is 348 g/mol. The smallest absolute Gasteiger partial charge is 0.257 e. The SMILES string of the molecule is CCN(CC)c1ccc(Nc2ccc(NC(=O)c3cccnc3)cc2)c(C)c1. The molecule has 1 aromatic heterocycles. The van der Waals surface area contributed by atoms with Crippen molar-refractivity contribution in [1.82, 2.24) is 4.98 Å². The lowest BCUT2D eigenvalue weighted by molar-refractivity contribution is 0.102. The maximum atomic E-state index is 12.2. The van der Waals surface area contributed by atoms with E-state index in [1.807, 2.05) is 24.3 Å². The lowest BCUT2D eigenvalue weighted by Gasteiger charge is -2.22. The van der Waals surface area contributed by atoms with Crippen LogP contribution in [0.15, 0.2) is 67.0 Å². The summed E-state index contributed by atoms with van der Waals surface area (Å²) in [6.45, 7) is 8.43. The molecule has 1 amide bonds. The molecule has 0 spiro atoms. The molecule has 144 valence electrons. The first kappa shape index (κ1) is 19.4. The highest BCUT2D eigenvalue weighted by Gasteiger charge is 2.07. The van der Waals surface area contributed by atoms with Gasteiger partial charge in [0.15, 0.2) is 0 Å². The molecule has 0 bridgehead atoms. The maximum Gasteiger partial charge on any atom is 0.257 e. The number of aryl methyl sites for hydroxylation is 1. The van der Waals surface area contributed by atoms with Crippen LogP contribution < -0.4 is 15.5 Å². The van der Waals surface area contributed by atoms with Crippen LogP contribution in [0.2, 0.25) is 0 Å². The number of hydrogen-bond donors (Lipinski definition) is 2. The molecule has 0 saturated carbocycles. The van der Waals surface area contributed by atoms with Gasteiger partial charge >= 0.3 is 0 Å². The number of nitrogens with zero attached hydrogens (tertiary/aromatic N) is 2. The van der Waals surface area contributed by atoms with E-state index >= 15 is 0 Å². The molecule has 0 fully saturated rings. The summed E-state index contributed by atoms with van der Waals surface area (Å²) in [4.78, 5) is 18.5. The number of aromatic nitrogens is 1. The van der Waals surface area contributed by atoms with Crippen molar-refractivity contribution in [3.8, 4) is 0 Å². The van der Waals surface area contributed by atoms with Crippen molar-refractivity contribution in [3.05, 3.63) is 78.1 Å². The number of anilines is 4. The van der Waals surface area contributed by atoms with E-state index in [0.717, 1.165) is 30.2 Å². The third kappa shape index (κ3) is 4.68. The highest BCUT2D eigenvalue weighted by atomic mass is 16.1. The van der Waals surface area contributed by atoms with Crippen LogP contribution >= 0.6 is 0 Å². The van der Waals surface area contributed by atoms with Crippen LogP contribution in [-0.4, -0.2) is 24.0 Å². The van der Waals surface area contributed by atoms with Crippen LogP contribution in [0.3, 0.4) is 0 Å². The highest BCUT2D eigenvalue weighted by Crippen LogP contribution is 2.26. The summed E-state index contributed by atoms with van der Waals surface area (Å²) in [6, 6.07) is 17.6. The third-order valence-electron chi connectivity index (χ3n) is 4.68. The lowest BCUT2D eigenvalue weighted by atomic mass is 10.1. The van der Waals surface area contributed by atoms with E-state index in [4.69, 9.17) is 0 Å². The summed E-state index contributed by atoms with van der Waals surface area (Å²) in [5.41, 5.74) is 5.75. The van der Waals surface area contributed by atoms with Gasteiger partial charge in [0.1, 0.15) is 0 Å². The van der Waals surface area contributed by atoms with E-state index in [1.165, 1.54) is 11.3 Å². The second-order valence-electron chi connectivity index (χ2n) is 6.57. The van der Waals surface area contributed by atoms with Crippen LogP contribution in [0.25, 0.3) is 0 Å². The van der Waals surface area contributed by atoms with Gasteiger partial charge in [-0.15, -0.1) is 0 Å². The number of nitrogens with one attached hydrogen (secondary N) is 2. The molecule has 0 unspecified atom stereocenters. The minimum absolute atomic E-state index is 0.170. The minimum atomic E-state index is -0.170. The van der Waals surface area contributed by atoms with Gasteiger partial charge in [-0.25, -0.2) is 0 Å². The average Bonchev–Trinajstić information content (AvgIpc) is 2.73. The molecule has 3 aromatic rings. The first-order valence-corrected chi connectivity index (χ1v) is 9.54. The predicted octanol–water partition coefficient (Wildman–Crippen LogP) is 5.23. The number of carbonyl (C=O) groups excluding carboxylic acids is 1. The Morgan fingerprint density at radius 3 is 2.32 bits per heavy atom. The highest BCUT2D eigenvalue weighted by molar-refractivity contribution is 6.04. The van der Waals surface area contributed by atoms with Crippen LogP contribution in [0.4, 0.5) is 22.7 Å².